The first kappa shape index (κ1) is 18.2. The molecule has 0 spiro atoms. The number of carbonyl (C=O) groups excluding carboxylic acids is 2. The Hall–Kier alpha value is -1.88. The third-order valence-corrected chi connectivity index (χ3v) is 3.27. The summed E-state index contributed by atoms with van der Waals surface area (Å²) in [4.78, 5) is 23.4. The molecule has 0 saturated heterocycles. The Bertz CT molecular complexity index is 483. The number of hydrogen-bond donors (Lipinski definition) is 3. The molecule has 0 aliphatic heterocycles. The van der Waals surface area contributed by atoms with Gasteiger partial charge in [-0.15, -0.1) is 0 Å². The molecule has 1 unspecified atom stereocenters. The second-order valence-electron chi connectivity index (χ2n) is 5.96. The lowest BCUT2D eigenvalue weighted by Crippen LogP contribution is -2.33. The lowest BCUT2D eigenvalue weighted by molar-refractivity contribution is -0.117. The monoisotopic (exact) mass is 305 g/mol. The summed E-state index contributed by atoms with van der Waals surface area (Å²) in [6, 6.07) is 7.47. The van der Waals surface area contributed by atoms with E-state index in [0.717, 1.165) is 17.8 Å². The maximum absolute atomic E-state index is 11.8. The summed E-state index contributed by atoms with van der Waals surface area (Å²) < 4.78 is 0. The van der Waals surface area contributed by atoms with E-state index in [1.54, 1.807) is 24.3 Å². The van der Waals surface area contributed by atoms with Gasteiger partial charge >= 0.3 is 0 Å². The molecule has 1 aromatic carbocycles. The van der Waals surface area contributed by atoms with Gasteiger partial charge in [0.1, 0.15) is 0 Å². The van der Waals surface area contributed by atoms with Crippen molar-refractivity contribution < 1.29 is 9.59 Å². The molecule has 122 valence electrons. The lowest BCUT2D eigenvalue weighted by Gasteiger charge is -2.12. The molecule has 0 radical (unpaired) electrons. The molecular weight excluding hydrogens is 278 g/mol. The highest BCUT2D eigenvalue weighted by Gasteiger charge is 2.07. The van der Waals surface area contributed by atoms with Crippen molar-refractivity contribution >= 4 is 23.2 Å². The molecule has 1 atom stereocenters. The van der Waals surface area contributed by atoms with Gasteiger partial charge in [-0.2, -0.15) is 0 Å². The summed E-state index contributed by atoms with van der Waals surface area (Å²) in [5.74, 6) is 0.262. The molecule has 0 fully saturated rings. The first-order valence-corrected chi connectivity index (χ1v) is 7.83. The van der Waals surface area contributed by atoms with Crippen LogP contribution in [0.5, 0.6) is 0 Å². The van der Waals surface area contributed by atoms with E-state index in [2.05, 4.69) is 22.9 Å². The van der Waals surface area contributed by atoms with Crippen LogP contribution in [0.1, 0.15) is 40.5 Å². The fraction of sp³-hybridized carbons (Fsp3) is 0.529. The first-order valence-electron chi connectivity index (χ1n) is 7.83. The van der Waals surface area contributed by atoms with Crippen LogP contribution >= 0.6 is 0 Å². The summed E-state index contributed by atoms with van der Waals surface area (Å²) in [6.45, 7) is 8.42. The number of nitrogens with one attached hydrogen (secondary N) is 3. The Morgan fingerprint density at radius 3 is 1.91 bits per heavy atom. The Morgan fingerprint density at radius 2 is 1.45 bits per heavy atom. The average Bonchev–Trinajstić information content (AvgIpc) is 2.46. The second kappa shape index (κ2) is 9.20. The quantitative estimate of drug-likeness (QED) is 0.691. The van der Waals surface area contributed by atoms with Gasteiger partial charge in [0.2, 0.25) is 11.8 Å². The van der Waals surface area contributed by atoms with Crippen molar-refractivity contribution in [2.75, 3.05) is 17.2 Å². The molecule has 0 aliphatic rings. The highest BCUT2D eigenvalue weighted by atomic mass is 16.2. The SMILES string of the molecule is CCC(C)NCC(=O)Nc1ccc(NC(=O)CC(C)C)cc1. The van der Waals surface area contributed by atoms with Crippen molar-refractivity contribution in [3.05, 3.63) is 24.3 Å². The van der Waals surface area contributed by atoms with Gasteiger partial charge in [-0.1, -0.05) is 20.8 Å². The fourth-order valence-electron chi connectivity index (χ4n) is 1.84. The maximum atomic E-state index is 11.8. The summed E-state index contributed by atoms with van der Waals surface area (Å²) in [5.41, 5.74) is 1.46. The zero-order valence-corrected chi connectivity index (χ0v) is 13.9. The number of carbonyl (C=O) groups is 2. The van der Waals surface area contributed by atoms with Crippen LogP contribution < -0.4 is 16.0 Å². The van der Waals surface area contributed by atoms with Crippen LogP contribution in [0.4, 0.5) is 11.4 Å². The number of hydrogen-bond acceptors (Lipinski definition) is 3. The van der Waals surface area contributed by atoms with Gasteiger partial charge in [0, 0.05) is 23.8 Å². The average molecular weight is 305 g/mol. The zero-order chi connectivity index (χ0) is 16.5. The number of anilines is 2. The normalized spacial score (nSPS) is 12.0. The highest BCUT2D eigenvalue weighted by molar-refractivity contribution is 5.93. The largest absolute Gasteiger partial charge is 0.326 e. The van der Waals surface area contributed by atoms with Gasteiger partial charge in [-0.25, -0.2) is 0 Å². The fourth-order valence-corrected chi connectivity index (χ4v) is 1.84. The molecule has 5 heteroatoms. The summed E-state index contributed by atoms with van der Waals surface area (Å²) in [6.07, 6.45) is 1.48. The zero-order valence-electron chi connectivity index (χ0n) is 13.9. The summed E-state index contributed by atoms with van der Waals surface area (Å²) in [7, 11) is 0. The van der Waals surface area contributed by atoms with Crippen LogP contribution in [0.3, 0.4) is 0 Å². The van der Waals surface area contributed by atoms with Crippen molar-refractivity contribution in [2.24, 2.45) is 5.92 Å². The van der Waals surface area contributed by atoms with Crippen LogP contribution in [0.2, 0.25) is 0 Å². The molecular formula is C17H27N3O2. The highest BCUT2D eigenvalue weighted by Crippen LogP contribution is 2.14. The second-order valence-corrected chi connectivity index (χ2v) is 5.96. The number of amides is 2. The van der Waals surface area contributed by atoms with Gasteiger partial charge in [-0.3, -0.25) is 9.59 Å². The van der Waals surface area contributed by atoms with E-state index in [1.807, 2.05) is 20.8 Å². The molecule has 2 amide bonds. The van der Waals surface area contributed by atoms with Crippen LogP contribution in [-0.2, 0) is 9.59 Å². The first-order chi connectivity index (χ1) is 10.4. The van der Waals surface area contributed by atoms with Crippen molar-refractivity contribution in [2.45, 2.75) is 46.6 Å². The molecule has 0 aromatic heterocycles. The van der Waals surface area contributed by atoms with E-state index in [9.17, 15) is 9.59 Å². The summed E-state index contributed by atoms with van der Waals surface area (Å²) in [5, 5.41) is 8.80. The Balaban J connectivity index is 2.44. The Morgan fingerprint density at radius 1 is 0.955 bits per heavy atom. The molecule has 0 aliphatic carbocycles. The van der Waals surface area contributed by atoms with Crippen LogP contribution in [-0.4, -0.2) is 24.4 Å². The van der Waals surface area contributed by atoms with E-state index in [1.165, 1.54) is 0 Å². The standard InChI is InChI=1S/C17H27N3O2/c1-5-13(4)18-11-17(22)20-15-8-6-14(7-9-15)19-16(21)10-12(2)3/h6-9,12-13,18H,5,10-11H2,1-4H3,(H,19,21)(H,20,22). The van der Waals surface area contributed by atoms with Crippen LogP contribution in [0.25, 0.3) is 0 Å². The van der Waals surface area contributed by atoms with Crippen molar-refractivity contribution in [3.8, 4) is 0 Å². The van der Waals surface area contributed by atoms with E-state index in [-0.39, 0.29) is 11.8 Å². The molecule has 1 aromatic rings. The van der Waals surface area contributed by atoms with Crippen molar-refractivity contribution in [1.29, 1.82) is 0 Å². The van der Waals surface area contributed by atoms with Gasteiger partial charge in [0.15, 0.2) is 0 Å². The Labute approximate surface area is 132 Å². The Kier molecular flexibility index (Phi) is 7.60. The van der Waals surface area contributed by atoms with Crippen LogP contribution in [0.15, 0.2) is 24.3 Å². The minimum Gasteiger partial charge on any atom is -0.326 e. The lowest BCUT2D eigenvalue weighted by atomic mass is 10.1. The van der Waals surface area contributed by atoms with E-state index in [4.69, 9.17) is 0 Å². The maximum Gasteiger partial charge on any atom is 0.238 e. The predicted molar refractivity (Wildman–Crippen MR) is 90.9 cm³/mol. The van der Waals surface area contributed by atoms with Gasteiger partial charge in [0.05, 0.1) is 6.54 Å². The molecule has 3 N–H and O–H groups in total. The van der Waals surface area contributed by atoms with Gasteiger partial charge < -0.3 is 16.0 Å². The minimum atomic E-state index is -0.0723. The topological polar surface area (TPSA) is 70.2 Å². The van der Waals surface area contributed by atoms with E-state index in [0.29, 0.717) is 24.9 Å². The third kappa shape index (κ3) is 7.22. The number of rotatable bonds is 8. The van der Waals surface area contributed by atoms with Crippen molar-refractivity contribution in [1.82, 2.24) is 5.32 Å². The molecule has 1 rings (SSSR count). The van der Waals surface area contributed by atoms with Crippen LogP contribution in [0, 0.1) is 5.92 Å². The smallest absolute Gasteiger partial charge is 0.238 e. The molecule has 22 heavy (non-hydrogen) atoms. The third-order valence-electron chi connectivity index (χ3n) is 3.27. The molecule has 0 bridgehead atoms. The van der Waals surface area contributed by atoms with Gasteiger partial charge in [0.25, 0.3) is 0 Å². The summed E-state index contributed by atoms with van der Waals surface area (Å²) >= 11 is 0. The molecule has 0 heterocycles. The van der Waals surface area contributed by atoms with Gasteiger partial charge in [-0.05, 0) is 43.5 Å². The van der Waals surface area contributed by atoms with Crippen molar-refractivity contribution in [3.63, 3.8) is 0 Å². The number of benzene rings is 1. The van der Waals surface area contributed by atoms with E-state index < -0.39 is 0 Å². The predicted octanol–water partition coefficient (Wildman–Crippen LogP) is 3.00. The minimum absolute atomic E-state index is 0.00420. The molecule has 5 nitrogen and oxygen atoms in total. The molecule has 0 saturated carbocycles. The van der Waals surface area contributed by atoms with E-state index >= 15 is 0 Å².